The van der Waals surface area contributed by atoms with E-state index in [2.05, 4.69) is 98.7 Å². The number of phenols is 1. The molecule has 0 heterocycles. The van der Waals surface area contributed by atoms with Crippen LogP contribution in [-0.4, -0.2) is 10.7 Å². The number of aryl methyl sites for hydroxylation is 1. The molecule has 182 valence electrons. The van der Waals surface area contributed by atoms with E-state index in [-0.39, 0.29) is 22.5 Å². The maximum atomic E-state index is 9.82. The SMILES string of the molecule is Cc1ccc(C(C)OC2(C)CC2CC(C)(C)C(C)(C)C(CC(C)C)c2ccc(O)cc2)cc1. The lowest BCUT2D eigenvalue weighted by Gasteiger charge is -2.49. The van der Waals surface area contributed by atoms with Crippen molar-refractivity contribution in [3.8, 4) is 5.75 Å². The van der Waals surface area contributed by atoms with Gasteiger partial charge in [0.05, 0.1) is 11.7 Å². The molecule has 0 aromatic heterocycles. The highest BCUT2D eigenvalue weighted by atomic mass is 16.5. The van der Waals surface area contributed by atoms with Gasteiger partial charge in [0.2, 0.25) is 0 Å². The Morgan fingerprint density at radius 1 is 0.939 bits per heavy atom. The third kappa shape index (κ3) is 5.83. The molecule has 33 heavy (non-hydrogen) atoms. The van der Waals surface area contributed by atoms with Gasteiger partial charge in [0, 0.05) is 0 Å². The molecule has 0 radical (unpaired) electrons. The minimum Gasteiger partial charge on any atom is -0.508 e. The average molecular weight is 451 g/mol. The zero-order valence-corrected chi connectivity index (χ0v) is 22.4. The Kier molecular flexibility index (Phi) is 7.39. The number of phenolic OH excluding ortho intramolecular Hbond substituents is 1. The van der Waals surface area contributed by atoms with E-state index in [0.717, 1.165) is 19.3 Å². The Bertz CT molecular complexity index is 907. The van der Waals surface area contributed by atoms with Crippen molar-refractivity contribution < 1.29 is 9.84 Å². The zero-order valence-electron chi connectivity index (χ0n) is 22.4. The van der Waals surface area contributed by atoms with Gasteiger partial charge in [0.1, 0.15) is 5.75 Å². The van der Waals surface area contributed by atoms with Crippen LogP contribution in [0.5, 0.6) is 5.75 Å². The van der Waals surface area contributed by atoms with E-state index in [0.29, 0.717) is 23.5 Å². The molecule has 1 aliphatic rings. The minimum absolute atomic E-state index is 0.0380. The fraction of sp³-hybridized carbons (Fsp3) is 0.613. The largest absolute Gasteiger partial charge is 0.508 e. The molecule has 2 nitrogen and oxygen atoms in total. The minimum atomic E-state index is -0.0380. The molecule has 2 aromatic carbocycles. The van der Waals surface area contributed by atoms with E-state index >= 15 is 0 Å². The third-order valence-corrected chi connectivity index (χ3v) is 8.72. The van der Waals surface area contributed by atoms with Gasteiger partial charge in [0.25, 0.3) is 0 Å². The number of aromatic hydroxyl groups is 1. The second kappa shape index (κ2) is 9.45. The lowest BCUT2D eigenvalue weighted by molar-refractivity contribution is -0.0323. The van der Waals surface area contributed by atoms with Gasteiger partial charge in [-0.2, -0.15) is 0 Å². The van der Waals surface area contributed by atoms with Gasteiger partial charge in [0.15, 0.2) is 0 Å². The molecule has 0 aliphatic heterocycles. The number of ether oxygens (including phenoxy) is 1. The Hall–Kier alpha value is -1.80. The molecule has 0 bridgehead atoms. The lowest BCUT2D eigenvalue weighted by atomic mass is 9.56. The van der Waals surface area contributed by atoms with Crippen molar-refractivity contribution in [1.82, 2.24) is 0 Å². The van der Waals surface area contributed by atoms with Crippen LogP contribution >= 0.6 is 0 Å². The summed E-state index contributed by atoms with van der Waals surface area (Å²) in [6, 6.07) is 16.6. The van der Waals surface area contributed by atoms with E-state index in [1.54, 1.807) is 0 Å². The summed E-state index contributed by atoms with van der Waals surface area (Å²) < 4.78 is 6.64. The molecule has 1 fully saturated rings. The van der Waals surface area contributed by atoms with Crippen molar-refractivity contribution in [2.24, 2.45) is 22.7 Å². The van der Waals surface area contributed by atoms with Crippen LogP contribution in [0.25, 0.3) is 0 Å². The molecule has 3 rings (SSSR count). The highest BCUT2D eigenvalue weighted by Crippen LogP contribution is 2.60. The average Bonchev–Trinajstić information content (AvgIpc) is 3.34. The van der Waals surface area contributed by atoms with Crippen LogP contribution in [0, 0.1) is 29.6 Å². The van der Waals surface area contributed by atoms with E-state index in [4.69, 9.17) is 4.74 Å². The fourth-order valence-corrected chi connectivity index (χ4v) is 5.55. The smallest absolute Gasteiger partial charge is 0.115 e. The molecule has 0 saturated heterocycles. The Balaban J connectivity index is 1.73. The number of rotatable bonds is 10. The fourth-order valence-electron chi connectivity index (χ4n) is 5.55. The van der Waals surface area contributed by atoms with Crippen LogP contribution in [0.2, 0.25) is 0 Å². The van der Waals surface area contributed by atoms with Crippen molar-refractivity contribution in [2.45, 2.75) is 99.2 Å². The summed E-state index contributed by atoms with van der Waals surface area (Å²) in [5.41, 5.74) is 4.08. The van der Waals surface area contributed by atoms with Gasteiger partial charge in [-0.05, 0) is 91.9 Å². The number of benzene rings is 2. The van der Waals surface area contributed by atoms with E-state index < -0.39 is 0 Å². The van der Waals surface area contributed by atoms with Crippen molar-refractivity contribution in [3.05, 3.63) is 65.2 Å². The van der Waals surface area contributed by atoms with Crippen LogP contribution in [0.15, 0.2) is 48.5 Å². The van der Waals surface area contributed by atoms with E-state index in [1.165, 1.54) is 16.7 Å². The quantitative estimate of drug-likeness (QED) is 0.392. The zero-order chi connectivity index (χ0) is 24.6. The summed E-state index contributed by atoms with van der Waals surface area (Å²) in [4.78, 5) is 0. The van der Waals surface area contributed by atoms with Crippen LogP contribution in [0.3, 0.4) is 0 Å². The van der Waals surface area contributed by atoms with Gasteiger partial charge in [-0.25, -0.2) is 0 Å². The Morgan fingerprint density at radius 3 is 2.03 bits per heavy atom. The maximum Gasteiger partial charge on any atom is 0.115 e. The highest BCUT2D eigenvalue weighted by molar-refractivity contribution is 5.30. The molecule has 1 saturated carbocycles. The second-order valence-electron chi connectivity index (χ2n) is 12.5. The molecular weight excluding hydrogens is 404 g/mol. The molecule has 0 spiro atoms. The van der Waals surface area contributed by atoms with Crippen LogP contribution in [0.1, 0.15) is 103 Å². The van der Waals surface area contributed by atoms with Crippen molar-refractivity contribution in [2.75, 3.05) is 0 Å². The van der Waals surface area contributed by atoms with E-state index in [1.807, 2.05) is 12.1 Å². The highest BCUT2D eigenvalue weighted by Gasteiger charge is 2.56. The lowest BCUT2D eigenvalue weighted by Crippen LogP contribution is -2.39. The second-order valence-corrected chi connectivity index (χ2v) is 12.5. The molecule has 4 unspecified atom stereocenters. The van der Waals surface area contributed by atoms with Crippen LogP contribution in [-0.2, 0) is 4.74 Å². The summed E-state index contributed by atoms with van der Waals surface area (Å²) in [5.74, 6) is 1.97. The summed E-state index contributed by atoms with van der Waals surface area (Å²) in [6.07, 6.45) is 3.55. The summed E-state index contributed by atoms with van der Waals surface area (Å²) >= 11 is 0. The normalized spacial score (nSPS) is 22.9. The Labute approximate surface area is 202 Å². The van der Waals surface area contributed by atoms with Crippen molar-refractivity contribution in [3.63, 3.8) is 0 Å². The molecule has 1 aliphatic carbocycles. The standard InChI is InChI=1S/C31H46O2/c1-21(2)18-28(25-14-16-27(32)17-15-25)30(7,8)29(5,6)19-26-20-31(26,9)33-23(4)24-12-10-22(3)11-13-24/h10-17,21,23,26,28,32H,18-20H2,1-9H3. The number of hydrogen-bond donors (Lipinski definition) is 1. The maximum absolute atomic E-state index is 9.82. The van der Waals surface area contributed by atoms with Gasteiger partial charge in [-0.15, -0.1) is 0 Å². The van der Waals surface area contributed by atoms with Gasteiger partial charge < -0.3 is 9.84 Å². The Morgan fingerprint density at radius 2 is 1.48 bits per heavy atom. The van der Waals surface area contributed by atoms with Gasteiger partial charge >= 0.3 is 0 Å². The summed E-state index contributed by atoms with van der Waals surface area (Å²) in [5, 5.41) is 9.82. The predicted molar refractivity (Wildman–Crippen MR) is 140 cm³/mol. The monoisotopic (exact) mass is 450 g/mol. The first-order valence-electron chi connectivity index (χ1n) is 12.8. The third-order valence-electron chi connectivity index (χ3n) is 8.72. The van der Waals surface area contributed by atoms with Gasteiger partial charge in [-0.1, -0.05) is 83.5 Å². The molecule has 4 atom stereocenters. The summed E-state index contributed by atoms with van der Waals surface area (Å²) in [7, 11) is 0. The van der Waals surface area contributed by atoms with Crippen LogP contribution < -0.4 is 0 Å². The predicted octanol–water partition coefficient (Wildman–Crippen LogP) is 8.83. The van der Waals surface area contributed by atoms with E-state index in [9.17, 15) is 5.11 Å². The number of hydrogen-bond acceptors (Lipinski definition) is 2. The molecular formula is C31H46O2. The first-order valence-corrected chi connectivity index (χ1v) is 12.8. The summed E-state index contributed by atoms with van der Waals surface area (Å²) in [6.45, 7) is 21.0. The van der Waals surface area contributed by atoms with Crippen molar-refractivity contribution in [1.29, 1.82) is 0 Å². The molecule has 2 heteroatoms. The topological polar surface area (TPSA) is 29.5 Å². The van der Waals surface area contributed by atoms with Gasteiger partial charge in [-0.3, -0.25) is 0 Å². The molecule has 0 amide bonds. The molecule has 1 N–H and O–H groups in total. The molecule has 2 aromatic rings. The van der Waals surface area contributed by atoms with Crippen molar-refractivity contribution >= 4 is 0 Å². The van der Waals surface area contributed by atoms with Crippen LogP contribution in [0.4, 0.5) is 0 Å². The first-order chi connectivity index (χ1) is 15.2. The first kappa shape index (κ1) is 25.8.